The summed E-state index contributed by atoms with van der Waals surface area (Å²) >= 11 is 1.54. The van der Waals surface area contributed by atoms with Gasteiger partial charge in [-0.3, -0.25) is 4.99 Å². The lowest BCUT2D eigenvalue weighted by Crippen LogP contribution is -2.35. The third kappa shape index (κ3) is 4.79. The van der Waals surface area contributed by atoms with Crippen molar-refractivity contribution in [2.24, 2.45) is 10.7 Å². The number of aliphatic hydroxyl groups is 1. The summed E-state index contributed by atoms with van der Waals surface area (Å²) in [5.74, 6) is 1.33. The first-order chi connectivity index (χ1) is 22.8. The van der Waals surface area contributed by atoms with Crippen molar-refractivity contribution in [1.29, 1.82) is 5.26 Å². The molecule has 2 fully saturated rings. The zero-order chi connectivity index (χ0) is 32.4. The van der Waals surface area contributed by atoms with Gasteiger partial charge in [0.25, 0.3) is 0 Å². The number of nitrogens with two attached hydrogens (primary N) is 2. The van der Waals surface area contributed by atoms with Crippen LogP contribution in [0.2, 0.25) is 0 Å². The second-order valence-corrected chi connectivity index (χ2v) is 14.9. The van der Waals surface area contributed by atoms with E-state index in [-0.39, 0.29) is 18.2 Å². The maximum absolute atomic E-state index is 10.1. The van der Waals surface area contributed by atoms with Crippen LogP contribution in [-0.4, -0.2) is 72.9 Å². The molecule has 4 aliphatic rings. The summed E-state index contributed by atoms with van der Waals surface area (Å²) in [5, 5.41) is 30.7. The predicted molar refractivity (Wildman–Crippen MR) is 181 cm³/mol. The number of aliphatic imine (C=N–C) groups is 1. The van der Waals surface area contributed by atoms with E-state index in [0.29, 0.717) is 58.0 Å². The Morgan fingerprint density at radius 3 is 2.83 bits per heavy atom. The van der Waals surface area contributed by atoms with Crippen LogP contribution in [0, 0.1) is 11.3 Å². The van der Waals surface area contributed by atoms with E-state index in [4.69, 9.17) is 31.1 Å². The van der Waals surface area contributed by atoms with E-state index in [9.17, 15) is 10.4 Å². The number of likely N-dealkylation sites (N-methyl/N-ethyl adjacent to an activating group) is 1. The van der Waals surface area contributed by atoms with Crippen molar-refractivity contribution >= 4 is 39.3 Å². The number of rotatable bonds is 6. The molecule has 1 aliphatic heterocycles. The van der Waals surface area contributed by atoms with Crippen molar-refractivity contribution in [3.63, 3.8) is 0 Å². The van der Waals surface area contributed by atoms with Gasteiger partial charge < -0.3 is 26.0 Å². The third-order valence-corrected chi connectivity index (χ3v) is 12.0. The van der Waals surface area contributed by atoms with E-state index in [1.165, 1.54) is 4.88 Å². The Morgan fingerprint density at radius 1 is 1.28 bits per heavy atom. The van der Waals surface area contributed by atoms with E-state index in [0.717, 1.165) is 80.2 Å². The van der Waals surface area contributed by atoms with Crippen LogP contribution in [0.3, 0.4) is 0 Å². The molecule has 8 rings (SSSR count). The van der Waals surface area contributed by atoms with Crippen molar-refractivity contribution in [1.82, 2.24) is 29.8 Å². The molecule has 4 aromatic rings. The average molecular weight is 653 g/mol. The monoisotopic (exact) mass is 652 g/mol. The highest BCUT2D eigenvalue weighted by molar-refractivity contribution is 7.16. The molecule has 0 aromatic carbocycles. The summed E-state index contributed by atoms with van der Waals surface area (Å²) in [7, 11) is 2.16. The Morgan fingerprint density at radius 2 is 2.09 bits per heavy atom. The lowest BCUT2D eigenvalue weighted by molar-refractivity contribution is 0.0780. The highest BCUT2D eigenvalue weighted by Gasteiger charge is 2.49. The molecule has 244 valence electrons. The first-order valence-electron chi connectivity index (χ1n) is 16.7. The summed E-state index contributed by atoms with van der Waals surface area (Å²) in [6.45, 7) is 3.24. The molecule has 3 aliphatic carbocycles. The van der Waals surface area contributed by atoms with E-state index < -0.39 is 5.41 Å². The van der Waals surface area contributed by atoms with E-state index in [2.05, 4.69) is 35.1 Å². The van der Waals surface area contributed by atoms with Crippen molar-refractivity contribution in [3.8, 4) is 17.6 Å². The molecule has 3 unspecified atom stereocenters. The SMILES string of the molecule is CC(C1CCCN1C)n1nc(/C(N)=C/C=NC2CC(O)C2)c2cnc(-c3noc4c3CCCC43CCCc4sc(N)c(C#N)c43)nc21. The topological polar surface area (TPSA) is 181 Å². The number of aryl methyl sites for hydroxylation is 1. The number of anilines is 1. The van der Waals surface area contributed by atoms with Gasteiger partial charge in [-0.25, -0.2) is 14.6 Å². The van der Waals surface area contributed by atoms with Crippen LogP contribution in [0.25, 0.3) is 28.2 Å². The van der Waals surface area contributed by atoms with Gasteiger partial charge in [0.15, 0.2) is 22.9 Å². The fourth-order valence-electron chi connectivity index (χ4n) is 8.46. The molecule has 47 heavy (non-hydrogen) atoms. The van der Waals surface area contributed by atoms with Crippen molar-refractivity contribution in [3.05, 3.63) is 45.3 Å². The van der Waals surface area contributed by atoms with E-state index in [1.807, 2.05) is 4.68 Å². The maximum atomic E-state index is 10.1. The normalized spacial score (nSPS) is 26.9. The highest BCUT2D eigenvalue weighted by atomic mass is 32.1. The second kappa shape index (κ2) is 11.5. The summed E-state index contributed by atoms with van der Waals surface area (Å²) in [6.07, 6.45) is 14.1. The minimum Gasteiger partial charge on any atom is -0.397 e. The van der Waals surface area contributed by atoms with Crippen LogP contribution in [-0.2, 0) is 18.3 Å². The van der Waals surface area contributed by atoms with Gasteiger partial charge in [0.05, 0.1) is 40.2 Å². The molecular weight excluding hydrogens is 613 g/mol. The number of thiophene rings is 1. The summed E-state index contributed by atoms with van der Waals surface area (Å²) < 4.78 is 8.25. The summed E-state index contributed by atoms with van der Waals surface area (Å²) in [4.78, 5) is 18.1. The quantitative estimate of drug-likeness (QED) is 0.251. The van der Waals surface area contributed by atoms with E-state index >= 15 is 0 Å². The van der Waals surface area contributed by atoms with Gasteiger partial charge in [0.1, 0.15) is 16.8 Å². The molecule has 1 saturated heterocycles. The van der Waals surface area contributed by atoms with Crippen molar-refractivity contribution in [2.45, 2.75) is 101 Å². The number of likely N-dealkylation sites (tertiary alicyclic amines) is 1. The van der Waals surface area contributed by atoms with E-state index in [1.54, 1.807) is 29.8 Å². The van der Waals surface area contributed by atoms with Crippen LogP contribution >= 0.6 is 11.3 Å². The number of hydrogen-bond acceptors (Lipinski definition) is 12. The Kier molecular flexibility index (Phi) is 7.42. The number of nitrogens with zero attached hydrogens (tertiary/aromatic N) is 8. The molecule has 13 heteroatoms. The molecule has 0 radical (unpaired) electrons. The maximum Gasteiger partial charge on any atom is 0.184 e. The standard InChI is InChI=1S/C34H40N10O2S/c1-18(25-7-5-13-43(25)2)44-33-23(28(41-44)24(36)9-12-38-19-14-20(45)15-19)17-39-32(40-33)29-21-6-3-10-34(30(21)46-42-29)11-4-8-26-27(34)22(16-35)31(37)47-26/h9,12,17-20,25,45H,3-8,10-11,13-15,36-37H2,1-2H3/b24-9-,38-12?. The summed E-state index contributed by atoms with van der Waals surface area (Å²) in [5.41, 5.74) is 17.7. The number of hydrogen-bond donors (Lipinski definition) is 3. The van der Waals surface area contributed by atoms with Crippen LogP contribution < -0.4 is 11.5 Å². The Hall–Kier alpha value is -4.12. The lowest BCUT2D eigenvalue weighted by atomic mass is 9.63. The molecule has 3 atom stereocenters. The summed E-state index contributed by atoms with van der Waals surface area (Å²) in [6, 6.07) is 2.88. The first-order valence-corrected chi connectivity index (χ1v) is 17.5. The Labute approximate surface area is 277 Å². The van der Waals surface area contributed by atoms with Gasteiger partial charge in [-0.05, 0) is 96.4 Å². The Bertz CT molecular complexity index is 1960. The largest absolute Gasteiger partial charge is 0.397 e. The molecule has 1 saturated carbocycles. The van der Waals surface area contributed by atoms with Crippen LogP contribution in [0.5, 0.6) is 0 Å². The van der Waals surface area contributed by atoms with Crippen LogP contribution in [0.1, 0.15) is 97.4 Å². The van der Waals surface area contributed by atoms with Crippen molar-refractivity contribution < 1.29 is 9.63 Å². The molecule has 5 N–H and O–H groups in total. The highest BCUT2D eigenvalue weighted by Crippen LogP contribution is 2.55. The van der Waals surface area contributed by atoms with Gasteiger partial charge in [-0.1, -0.05) is 5.16 Å². The zero-order valence-electron chi connectivity index (χ0n) is 26.8. The number of allylic oxidation sites excluding steroid dienone is 1. The van der Waals surface area contributed by atoms with Crippen LogP contribution in [0.4, 0.5) is 5.00 Å². The lowest BCUT2D eigenvalue weighted by Gasteiger charge is -2.39. The molecule has 0 bridgehead atoms. The molecule has 1 spiro atoms. The number of fused-ring (bicyclic) bond motifs is 5. The minimum absolute atomic E-state index is 0.0445. The molecule has 12 nitrogen and oxygen atoms in total. The fraction of sp³-hybridized carbons (Fsp3) is 0.529. The Balaban J connectivity index is 1.22. The average Bonchev–Trinajstić information content (AvgIpc) is 3.83. The third-order valence-electron chi connectivity index (χ3n) is 11.0. The minimum atomic E-state index is -0.412. The van der Waals surface area contributed by atoms with Crippen LogP contribution in [0.15, 0.2) is 21.8 Å². The van der Waals surface area contributed by atoms with Gasteiger partial charge in [-0.2, -0.15) is 10.4 Å². The molecule has 4 aromatic heterocycles. The number of nitriles is 1. The van der Waals surface area contributed by atoms with Crippen molar-refractivity contribution in [2.75, 3.05) is 19.3 Å². The molecular formula is C34H40N10O2S. The van der Waals surface area contributed by atoms with Gasteiger partial charge in [-0.15, -0.1) is 11.3 Å². The number of nitrogen functional groups attached to an aromatic ring is 1. The predicted octanol–water partition coefficient (Wildman–Crippen LogP) is 4.50. The van der Waals surface area contributed by atoms with Gasteiger partial charge >= 0.3 is 0 Å². The molecule has 5 heterocycles. The smallest absolute Gasteiger partial charge is 0.184 e. The number of aliphatic hydroxyl groups excluding tert-OH is 1. The van der Waals surface area contributed by atoms with Gasteiger partial charge in [0, 0.05) is 28.9 Å². The molecule has 0 amide bonds. The number of aromatic nitrogens is 5. The second-order valence-electron chi connectivity index (χ2n) is 13.7. The van der Waals surface area contributed by atoms with Gasteiger partial charge in [0.2, 0.25) is 0 Å². The first kappa shape index (κ1) is 30.2. The zero-order valence-corrected chi connectivity index (χ0v) is 27.6. The fourth-order valence-corrected chi connectivity index (χ4v) is 9.63.